The molecular formula is C20H17Cl2N3O3. The van der Waals surface area contributed by atoms with E-state index in [9.17, 15) is 9.59 Å². The molecule has 1 aliphatic carbocycles. The molecule has 1 aromatic carbocycles. The summed E-state index contributed by atoms with van der Waals surface area (Å²) in [5, 5.41) is 6.87. The number of hydrogen-bond donors (Lipinski definition) is 2. The van der Waals surface area contributed by atoms with Gasteiger partial charge in [-0.05, 0) is 38.0 Å². The number of nitrogens with zero attached hydrogens (tertiary/aromatic N) is 1. The van der Waals surface area contributed by atoms with Crippen molar-refractivity contribution in [2.45, 2.75) is 32.1 Å². The third kappa shape index (κ3) is 3.34. The van der Waals surface area contributed by atoms with E-state index in [2.05, 4.69) is 15.6 Å². The van der Waals surface area contributed by atoms with Crippen molar-refractivity contribution >= 4 is 40.6 Å². The van der Waals surface area contributed by atoms with Crippen LogP contribution in [0.1, 0.15) is 37.8 Å². The first kappa shape index (κ1) is 18.8. The van der Waals surface area contributed by atoms with Crippen LogP contribution in [0.4, 0.5) is 5.69 Å². The highest BCUT2D eigenvalue weighted by Crippen LogP contribution is 2.42. The van der Waals surface area contributed by atoms with Crippen molar-refractivity contribution in [3.05, 3.63) is 69.1 Å². The van der Waals surface area contributed by atoms with Crippen LogP contribution in [0.2, 0.25) is 10.0 Å². The molecule has 1 amide bonds. The maximum absolute atomic E-state index is 13.2. The van der Waals surface area contributed by atoms with Gasteiger partial charge in [0.2, 0.25) is 0 Å². The van der Waals surface area contributed by atoms with Gasteiger partial charge in [-0.3, -0.25) is 9.59 Å². The van der Waals surface area contributed by atoms with Crippen LogP contribution < -0.4 is 10.6 Å². The second kappa shape index (κ2) is 7.45. The standard InChI is InChI=1S/C20H17Cl2N3O3/c1-10-17(20(27)25-14-7-11(21)5-6-12(14)22)19(15-8-28-9-23-15)18-13(24-10)3-2-4-16(18)26/h5-9,19,24H,2-4H2,1H3,(H,25,27). The van der Waals surface area contributed by atoms with Gasteiger partial charge in [-0.15, -0.1) is 0 Å². The van der Waals surface area contributed by atoms with Crippen molar-refractivity contribution in [3.8, 4) is 0 Å². The molecule has 2 heterocycles. The molecule has 28 heavy (non-hydrogen) atoms. The van der Waals surface area contributed by atoms with Crippen LogP contribution in [0, 0.1) is 0 Å². The second-order valence-electron chi connectivity index (χ2n) is 6.76. The largest absolute Gasteiger partial charge is 0.451 e. The Morgan fingerprint density at radius 2 is 2.14 bits per heavy atom. The molecule has 0 radical (unpaired) electrons. The number of allylic oxidation sites excluding steroid dienone is 3. The van der Waals surface area contributed by atoms with Crippen molar-refractivity contribution in [2.24, 2.45) is 0 Å². The number of dihydropyridines is 1. The van der Waals surface area contributed by atoms with E-state index in [1.165, 1.54) is 12.7 Å². The van der Waals surface area contributed by atoms with Crippen LogP contribution in [-0.2, 0) is 9.59 Å². The number of carbonyl (C=O) groups is 2. The number of carbonyl (C=O) groups excluding carboxylic acids is 2. The first-order valence-corrected chi connectivity index (χ1v) is 9.60. The van der Waals surface area contributed by atoms with Crippen molar-refractivity contribution in [1.29, 1.82) is 0 Å². The Bertz CT molecular complexity index is 1030. The number of hydrogen-bond acceptors (Lipinski definition) is 5. The molecule has 0 saturated carbocycles. The zero-order valence-corrected chi connectivity index (χ0v) is 16.5. The second-order valence-corrected chi connectivity index (χ2v) is 7.60. The molecule has 0 fully saturated rings. The number of Topliss-reactive ketones (excluding diaryl/α,β-unsaturated/α-hetero) is 1. The van der Waals surface area contributed by atoms with E-state index in [0.29, 0.717) is 44.7 Å². The Labute approximate surface area is 171 Å². The third-order valence-electron chi connectivity index (χ3n) is 4.94. The molecule has 0 saturated heterocycles. The van der Waals surface area contributed by atoms with Gasteiger partial charge in [-0.1, -0.05) is 23.2 Å². The molecular weight excluding hydrogens is 401 g/mol. The molecule has 2 N–H and O–H groups in total. The van der Waals surface area contributed by atoms with E-state index in [0.717, 1.165) is 18.5 Å². The van der Waals surface area contributed by atoms with Gasteiger partial charge in [0.05, 0.1) is 22.3 Å². The number of rotatable bonds is 3. The lowest BCUT2D eigenvalue weighted by Gasteiger charge is -2.33. The smallest absolute Gasteiger partial charge is 0.254 e. The van der Waals surface area contributed by atoms with Crippen LogP contribution in [0.3, 0.4) is 0 Å². The molecule has 8 heteroatoms. The van der Waals surface area contributed by atoms with E-state index in [1.807, 2.05) is 6.92 Å². The molecule has 2 aliphatic rings. The molecule has 2 aromatic rings. The summed E-state index contributed by atoms with van der Waals surface area (Å²) < 4.78 is 5.14. The average molecular weight is 418 g/mol. The highest BCUT2D eigenvalue weighted by molar-refractivity contribution is 6.36. The number of aromatic nitrogens is 1. The van der Waals surface area contributed by atoms with Gasteiger partial charge >= 0.3 is 0 Å². The van der Waals surface area contributed by atoms with E-state index < -0.39 is 5.92 Å². The van der Waals surface area contributed by atoms with Gasteiger partial charge in [-0.2, -0.15) is 0 Å². The monoisotopic (exact) mass is 417 g/mol. The number of benzene rings is 1. The van der Waals surface area contributed by atoms with Crippen LogP contribution in [0.5, 0.6) is 0 Å². The number of anilines is 1. The lowest BCUT2D eigenvalue weighted by Crippen LogP contribution is -2.35. The van der Waals surface area contributed by atoms with Crippen LogP contribution >= 0.6 is 23.2 Å². The first-order chi connectivity index (χ1) is 13.5. The summed E-state index contributed by atoms with van der Waals surface area (Å²) in [4.78, 5) is 30.2. The van der Waals surface area contributed by atoms with Crippen LogP contribution in [-0.4, -0.2) is 16.7 Å². The molecule has 1 unspecified atom stereocenters. The number of nitrogens with one attached hydrogen (secondary N) is 2. The van der Waals surface area contributed by atoms with Crippen molar-refractivity contribution < 1.29 is 14.0 Å². The minimum absolute atomic E-state index is 0.0142. The summed E-state index contributed by atoms with van der Waals surface area (Å²) in [6, 6.07) is 4.83. The topological polar surface area (TPSA) is 84.2 Å². The summed E-state index contributed by atoms with van der Waals surface area (Å²) in [6.07, 6.45) is 4.74. The average Bonchev–Trinajstić information content (AvgIpc) is 3.18. The van der Waals surface area contributed by atoms with E-state index >= 15 is 0 Å². The van der Waals surface area contributed by atoms with Gasteiger partial charge in [0.1, 0.15) is 6.26 Å². The Balaban J connectivity index is 1.76. The predicted molar refractivity (Wildman–Crippen MR) is 106 cm³/mol. The zero-order valence-electron chi connectivity index (χ0n) is 15.0. The fraction of sp³-hybridized carbons (Fsp3) is 0.250. The number of amides is 1. The molecule has 1 aliphatic heterocycles. The maximum Gasteiger partial charge on any atom is 0.254 e. The van der Waals surface area contributed by atoms with Crippen LogP contribution in [0.25, 0.3) is 0 Å². The first-order valence-electron chi connectivity index (χ1n) is 8.84. The van der Waals surface area contributed by atoms with E-state index in [1.54, 1.807) is 18.2 Å². The van der Waals surface area contributed by atoms with Gasteiger partial charge < -0.3 is 15.1 Å². The number of ketones is 1. The van der Waals surface area contributed by atoms with Gasteiger partial charge in [0.25, 0.3) is 5.91 Å². The molecule has 1 atom stereocenters. The predicted octanol–water partition coefficient (Wildman–Crippen LogP) is 4.59. The minimum Gasteiger partial charge on any atom is -0.451 e. The quantitative estimate of drug-likeness (QED) is 0.762. The number of oxazole rings is 1. The van der Waals surface area contributed by atoms with Gasteiger partial charge in [0.15, 0.2) is 12.2 Å². The fourth-order valence-corrected chi connectivity index (χ4v) is 4.06. The molecule has 0 spiro atoms. The zero-order chi connectivity index (χ0) is 19.8. The summed E-state index contributed by atoms with van der Waals surface area (Å²) in [5.74, 6) is -0.965. The highest BCUT2D eigenvalue weighted by atomic mass is 35.5. The lowest BCUT2D eigenvalue weighted by molar-refractivity contribution is -0.116. The number of halogens is 2. The Hall–Kier alpha value is -2.57. The third-order valence-corrected chi connectivity index (χ3v) is 5.51. The Morgan fingerprint density at radius 3 is 2.89 bits per heavy atom. The van der Waals surface area contributed by atoms with Crippen molar-refractivity contribution in [2.75, 3.05) is 5.32 Å². The molecule has 4 rings (SSSR count). The SMILES string of the molecule is CC1=C(C(=O)Nc2cc(Cl)ccc2Cl)C(c2cocn2)C2=C(CCCC2=O)N1. The maximum atomic E-state index is 13.2. The molecule has 0 bridgehead atoms. The van der Waals surface area contributed by atoms with E-state index in [-0.39, 0.29) is 11.7 Å². The van der Waals surface area contributed by atoms with Crippen molar-refractivity contribution in [3.63, 3.8) is 0 Å². The molecule has 1 aromatic heterocycles. The summed E-state index contributed by atoms with van der Waals surface area (Å²) in [5.41, 5.74) is 3.40. The van der Waals surface area contributed by atoms with Gasteiger partial charge in [-0.25, -0.2) is 4.98 Å². The molecule has 144 valence electrons. The summed E-state index contributed by atoms with van der Waals surface area (Å²) >= 11 is 12.2. The fourth-order valence-electron chi connectivity index (χ4n) is 3.73. The minimum atomic E-state index is -0.597. The van der Waals surface area contributed by atoms with Gasteiger partial charge in [0, 0.05) is 34.0 Å². The van der Waals surface area contributed by atoms with Crippen LogP contribution in [0.15, 0.2) is 57.8 Å². The normalized spacial score (nSPS) is 19.4. The lowest BCUT2D eigenvalue weighted by atomic mass is 9.77. The summed E-state index contributed by atoms with van der Waals surface area (Å²) in [6.45, 7) is 1.81. The Morgan fingerprint density at radius 1 is 1.32 bits per heavy atom. The van der Waals surface area contributed by atoms with E-state index in [4.69, 9.17) is 27.6 Å². The highest BCUT2D eigenvalue weighted by Gasteiger charge is 2.39. The Kier molecular flexibility index (Phi) is 5.00. The molecule has 6 nitrogen and oxygen atoms in total. The summed E-state index contributed by atoms with van der Waals surface area (Å²) in [7, 11) is 0. The van der Waals surface area contributed by atoms with Crippen molar-refractivity contribution in [1.82, 2.24) is 10.3 Å².